The molecule has 1 heterocycles. The van der Waals surface area contributed by atoms with E-state index in [0.717, 1.165) is 12.5 Å². The van der Waals surface area contributed by atoms with Crippen molar-refractivity contribution >= 4 is 0 Å². The van der Waals surface area contributed by atoms with Gasteiger partial charge in [-0.25, -0.2) is 4.39 Å². The van der Waals surface area contributed by atoms with E-state index in [1.165, 1.54) is 12.1 Å². The largest absolute Gasteiger partial charge is 0.505 e. The third kappa shape index (κ3) is 2.65. The van der Waals surface area contributed by atoms with Crippen LogP contribution in [0, 0.1) is 5.82 Å². The Hall–Kier alpha value is -1.95. The fraction of sp³-hybridized carbons (Fsp3) is 0.333. The molecule has 0 radical (unpaired) electrons. The van der Waals surface area contributed by atoms with Gasteiger partial charge in [-0.05, 0) is 24.6 Å². The van der Waals surface area contributed by atoms with E-state index < -0.39 is 11.6 Å². The molecule has 2 rings (SSSR count). The van der Waals surface area contributed by atoms with Crippen LogP contribution in [-0.2, 0) is 6.42 Å². The molecule has 0 aliphatic heterocycles. The zero-order valence-electron chi connectivity index (χ0n) is 9.93. The van der Waals surface area contributed by atoms with Crippen LogP contribution in [0.5, 0.6) is 5.75 Å². The summed E-state index contributed by atoms with van der Waals surface area (Å²) in [6, 6.07) is 3.89. The van der Waals surface area contributed by atoms with Gasteiger partial charge in [0.25, 0.3) is 0 Å². The number of phenolic OH excluding ortho intramolecular Hbond substituents is 1. The van der Waals surface area contributed by atoms with Crippen LogP contribution in [0.25, 0.3) is 11.4 Å². The van der Waals surface area contributed by atoms with Crippen LogP contribution in [0.1, 0.15) is 19.2 Å². The maximum absolute atomic E-state index is 13.2. The quantitative estimate of drug-likeness (QED) is 0.866. The van der Waals surface area contributed by atoms with Gasteiger partial charge in [-0.1, -0.05) is 12.1 Å². The van der Waals surface area contributed by atoms with Crippen molar-refractivity contribution in [3.63, 3.8) is 0 Å². The van der Waals surface area contributed by atoms with E-state index in [9.17, 15) is 4.39 Å². The van der Waals surface area contributed by atoms with E-state index in [2.05, 4.69) is 10.1 Å². The first kappa shape index (κ1) is 12.5. The lowest BCUT2D eigenvalue weighted by Gasteiger charge is -2.02. The van der Waals surface area contributed by atoms with Crippen LogP contribution in [0.2, 0.25) is 0 Å². The van der Waals surface area contributed by atoms with Gasteiger partial charge in [-0.15, -0.1) is 0 Å². The van der Waals surface area contributed by atoms with Gasteiger partial charge < -0.3 is 15.4 Å². The molecule has 0 saturated heterocycles. The molecule has 0 aliphatic rings. The summed E-state index contributed by atoms with van der Waals surface area (Å²) in [5.74, 6) is -0.417. The van der Waals surface area contributed by atoms with Crippen molar-refractivity contribution in [1.82, 2.24) is 10.1 Å². The molecule has 0 spiro atoms. The molecular weight excluding hydrogens is 237 g/mol. The third-order valence-electron chi connectivity index (χ3n) is 2.64. The fourth-order valence-electron chi connectivity index (χ4n) is 1.47. The molecule has 0 saturated carbocycles. The Morgan fingerprint density at radius 2 is 2.28 bits per heavy atom. The van der Waals surface area contributed by atoms with Crippen LogP contribution in [0.3, 0.4) is 0 Å². The topological polar surface area (TPSA) is 85.2 Å². The summed E-state index contributed by atoms with van der Waals surface area (Å²) in [6.45, 7) is 1.97. The molecule has 1 aromatic heterocycles. The molecule has 3 N–H and O–H groups in total. The van der Waals surface area contributed by atoms with Crippen LogP contribution in [0.15, 0.2) is 22.7 Å². The summed E-state index contributed by atoms with van der Waals surface area (Å²) in [5, 5.41) is 12.8. The second-order valence-corrected chi connectivity index (χ2v) is 4.05. The van der Waals surface area contributed by atoms with Crippen molar-refractivity contribution in [2.75, 3.05) is 0 Å². The number of phenols is 1. The molecule has 0 amide bonds. The van der Waals surface area contributed by atoms with Gasteiger partial charge in [-0.2, -0.15) is 4.98 Å². The second-order valence-electron chi connectivity index (χ2n) is 4.05. The summed E-state index contributed by atoms with van der Waals surface area (Å²) in [4.78, 5) is 4.13. The number of hydrogen-bond acceptors (Lipinski definition) is 5. The SMILES string of the molecule is CCC(N)Cc1nc(-c2ccc(O)c(F)c2)no1. The molecule has 96 valence electrons. The Kier molecular flexibility index (Phi) is 3.57. The molecule has 5 nitrogen and oxygen atoms in total. The second kappa shape index (κ2) is 5.14. The first-order valence-corrected chi connectivity index (χ1v) is 5.67. The minimum Gasteiger partial charge on any atom is -0.505 e. The summed E-state index contributed by atoms with van der Waals surface area (Å²) in [7, 11) is 0. The predicted octanol–water partition coefficient (Wildman–Crippen LogP) is 1.86. The van der Waals surface area contributed by atoms with E-state index >= 15 is 0 Å². The highest BCUT2D eigenvalue weighted by molar-refractivity contribution is 5.55. The van der Waals surface area contributed by atoms with Gasteiger partial charge in [0.05, 0.1) is 0 Å². The zero-order valence-corrected chi connectivity index (χ0v) is 9.93. The van der Waals surface area contributed by atoms with Crippen LogP contribution in [-0.4, -0.2) is 21.3 Å². The van der Waals surface area contributed by atoms with Crippen molar-refractivity contribution in [2.45, 2.75) is 25.8 Å². The average molecular weight is 251 g/mol. The number of hydrogen-bond donors (Lipinski definition) is 2. The van der Waals surface area contributed by atoms with Crippen molar-refractivity contribution in [1.29, 1.82) is 0 Å². The lowest BCUT2D eigenvalue weighted by molar-refractivity contribution is 0.368. The molecule has 18 heavy (non-hydrogen) atoms. The lowest BCUT2D eigenvalue weighted by atomic mass is 10.1. The first-order valence-electron chi connectivity index (χ1n) is 5.67. The van der Waals surface area contributed by atoms with Gasteiger partial charge in [-0.3, -0.25) is 0 Å². The molecular formula is C12H14FN3O2. The number of nitrogens with two attached hydrogens (primary N) is 1. The van der Waals surface area contributed by atoms with Crippen LogP contribution < -0.4 is 5.73 Å². The zero-order chi connectivity index (χ0) is 13.1. The molecule has 0 fully saturated rings. The lowest BCUT2D eigenvalue weighted by Crippen LogP contribution is -2.21. The Labute approximate surface area is 103 Å². The Morgan fingerprint density at radius 1 is 1.50 bits per heavy atom. The Morgan fingerprint density at radius 3 is 2.94 bits per heavy atom. The minimum atomic E-state index is -0.718. The van der Waals surface area contributed by atoms with Crippen LogP contribution in [0.4, 0.5) is 4.39 Å². The van der Waals surface area contributed by atoms with E-state index in [0.29, 0.717) is 17.9 Å². The van der Waals surface area contributed by atoms with E-state index in [1.54, 1.807) is 0 Å². The highest BCUT2D eigenvalue weighted by atomic mass is 19.1. The number of nitrogens with zero attached hydrogens (tertiary/aromatic N) is 2. The number of aromatic hydroxyl groups is 1. The first-order chi connectivity index (χ1) is 8.60. The number of halogens is 1. The standard InChI is InChI=1S/C12H14FN3O2/c1-2-8(14)6-11-15-12(16-18-11)7-3-4-10(17)9(13)5-7/h3-5,8,17H,2,6,14H2,1H3. The summed E-state index contributed by atoms with van der Waals surface area (Å²) < 4.78 is 18.2. The van der Waals surface area contributed by atoms with Crippen molar-refractivity contribution in [3.05, 3.63) is 29.9 Å². The smallest absolute Gasteiger partial charge is 0.228 e. The number of benzene rings is 1. The molecule has 6 heteroatoms. The summed E-state index contributed by atoms with van der Waals surface area (Å²) in [5.41, 5.74) is 6.23. The Balaban J connectivity index is 2.21. The van der Waals surface area contributed by atoms with Gasteiger partial charge in [0.2, 0.25) is 11.7 Å². The third-order valence-corrected chi connectivity index (χ3v) is 2.64. The molecule has 1 aromatic carbocycles. The van der Waals surface area contributed by atoms with Crippen molar-refractivity contribution in [2.24, 2.45) is 5.73 Å². The van der Waals surface area contributed by atoms with Gasteiger partial charge in [0, 0.05) is 18.0 Å². The van der Waals surface area contributed by atoms with E-state index in [-0.39, 0.29) is 11.9 Å². The molecule has 1 atom stereocenters. The van der Waals surface area contributed by atoms with E-state index in [1.807, 2.05) is 6.92 Å². The predicted molar refractivity (Wildman–Crippen MR) is 63.3 cm³/mol. The van der Waals surface area contributed by atoms with E-state index in [4.69, 9.17) is 15.4 Å². The Bertz CT molecular complexity index is 542. The number of rotatable bonds is 4. The van der Waals surface area contributed by atoms with Gasteiger partial charge >= 0.3 is 0 Å². The maximum atomic E-state index is 13.2. The van der Waals surface area contributed by atoms with Gasteiger partial charge in [0.15, 0.2) is 11.6 Å². The van der Waals surface area contributed by atoms with Crippen LogP contribution >= 0.6 is 0 Å². The molecule has 0 aliphatic carbocycles. The average Bonchev–Trinajstić information content (AvgIpc) is 2.81. The van der Waals surface area contributed by atoms with Crippen molar-refractivity contribution < 1.29 is 14.0 Å². The monoisotopic (exact) mass is 251 g/mol. The normalized spacial score (nSPS) is 12.6. The highest BCUT2D eigenvalue weighted by Crippen LogP contribution is 2.22. The fourth-order valence-corrected chi connectivity index (χ4v) is 1.47. The number of aromatic nitrogens is 2. The van der Waals surface area contributed by atoms with Crippen molar-refractivity contribution in [3.8, 4) is 17.1 Å². The van der Waals surface area contributed by atoms with Gasteiger partial charge in [0.1, 0.15) is 0 Å². The minimum absolute atomic E-state index is 0.0325. The molecule has 1 unspecified atom stereocenters. The molecule has 0 bridgehead atoms. The summed E-state index contributed by atoms with van der Waals surface area (Å²) in [6.07, 6.45) is 1.30. The maximum Gasteiger partial charge on any atom is 0.228 e. The highest BCUT2D eigenvalue weighted by Gasteiger charge is 2.12. The summed E-state index contributed by atoms with van der Waals surface area (Å²) >= 11 is 0. The molecule has 2 aromatic rings.